The second kappa shape index (κ2) is 11.7. The van der Waals surface area contributed by atoms with E-state index in [2.05, 4.69) is 10.6 Å². The van der Waals surface area contributed by atoms with E-state index in [1.807, 2.05) is 38.1 Å². The number of hydrogen-bond donors (Lipinski definition) is 2. The maximum absolute atomic E-state index is 13.3. The lowest BCUT2D eigenvalue weighted by Gasteiger charge is -2.18. The number of para-hydroxylation sites is 2. The van der Waals surface area contributed by atoms with Crippen molar-refractivity contribution in [1.82, 2.24) is 0 Å². The quantitative estimate of drug-likeness (QED) is 0.279. The molecule has 38 heavy (non-hydrogen) atoms. The van der Waals surface area contributed by atoms with E-state index >= 15 is 0 Å². The Kier molecular flexibility index (Phi) is 8.23. The highest BCUT2D eigenvalue weighted by Crippen LogP contribution is 2.32. The van der Waals surface area contributed by atoms with Crippen LogP contribution in [0.1, 0.15) is 46.5 Å². The smallest absolute Gasteiger partial charge is 0.340 e. The summed E-state index contributed by atoms with van der Waals surface area (Å²) >= 11 is 6.29. The van der Waals surface area contributed by atoms with Crippen molar-refractivity contribution in [3.8, 4) is 0 Å². The fraction of sp³-hybridized carbons (Fsp3) is 0.172. The van der Waals surface area contributed by atoms with Gasteiger partial charge in [0.25, 0.3) is 17.7 Å². The van der Waals surface area contributed by atoms with Crippen LogP contribution in [-0.4, -0.2) is 30.3 Å². The summed E-state index contributed by atoms with van der Waals surface area (Å²) in [6, 6.07) is 20.2. The fourth-order valence-corrected chi connectivity index (χ4v) is 4.18. The maximum Gasteiger partial charge on any atom is 0.340 e. The van der Waals surface area contributed by atoms with Crippen LogP contribution in [0.3, 0.4) is 0 Å². The molecule has 1 aliphatic rings. The van der Waals surface area contributed by atoms with Crippen LogP contribution in [0.25, 0.3) is 0 Å². The number of aryl methyl sites for hydroxylation is 1. The molecule has 0 aliphatic carbocycles. The van der Waals surface area contributed by atoms with E-state index in [1.54, 1.807) is 36.4 Å². The van der Waals surface area contributed by atoms with Crippen molar-refractivity contribution in [2.45, 2.75) is 26.7 Å². The van der Waals surface area contributed by atoms with Gasteiger partial charge in [-0.05, 0) is 54.8 Å². The van der Waals surface area contributed by atoms with Gasteiger partial charge in [-0.15, -0.1) is 0 Å². The topological polar surface area (TPSA) is 105 Å². The normalized spacial score (nSPS) is 13.1. The van der Waals surface area contributed by atoms with Crippen LogP contribution in [-0.2, 0) is 20.7 Å². The number of esters is 1. The molecule has 1 heterocycles. The Morgan fingerprint density at radius 3 is 2.42 bits per heavy atom. The Morgan fingerprint density at radius 1 is 0.921 bits per heavy atom. The van der Waals surface area contributed by atoms with Crippen molar-refractivity contribution in [1.29, 1.82) is 0 Å². The van der Waals surface area contributed by atoms with Gasteiger partial charge in [0.15, 0.2) is 0 Å². The van der Waals surface area contributed by atoms with Crippen molar-refractivity contribution < 1.29 is 23.9 Å². The van der Waals surface area contributed by atoms with E-state index in [0.717, 1.165) is 16.9 Å². The third-order valence-electron chi connectivity index (χ3n) is 5.87. The lowest BCUT2D eigenvalue weighted by Crippen LogP contribution is -2.33. The fourth-order valence-electron chi connectivity index (χ4n) is 3.97. The third kappa shape index (κ3) is 5.45. The van der Waals surface area contributed by atoms with E-state index in [0.29, 0.717) is 23.4 Å². The number of halogens is 1. The minimum Gasteiger partial charge on any atom is -0.462 e. The van der Waals surface area contributed by atoms with Crippen molar-refractivity contribution in [3.63, 3.8) is 0 Å². The molecule has 3 aromatic carbocycles. The monoisotopic (exact) mass is 531 g/mol. The lowest BCUT2D eigenvalue weighted by atomic mass is 10.1. The molecule has 9 heteroatoms. The first-order valence-electron chi connectivity index (χ1n) is 12.2. The molecule has 0 spiro atoms. The standard InChI is InChI=1S/C29H26ClN3O5/c1-3-16-38-29(37)21-13-6-8-15-23(21)33-27(35)24(30)25(28(33)36)31-20-12-9-11-19(17-20)26(34)32-22-14-7-5-10-18(22)4-2/h5-15,17,31H,3-4,16H2,1-2H3,(H,32,34). The van der Waals surface area contributed by atoms with Gasteiger partial charge in [-0.25, -0.2) is 9.69 Å². The molecule has 0 bridgehead atoms. The Hall–Kier alpha value is -4.43. The molecule has 0 saturated heterocycles. The van der Waals surface area contributed by atoms with Gasteiger partial charge in [-0.1, -0.05) is 61.8 Å². The Bertz CT molecular complexity index is 1450. The van der Waals surface area contributed by atoms with E-state index in [-0.39, 0.29) is 34.5 Å². The maximum atomic E-state index is 13.3. The van der Waals surface area contributed by atoms with Gasteiger partial charge in [0, 0.05) is 16.9 Å². The van der Waals surface area contributed by atoms with Crippen molar-refractivity contribution in [2.24, 2.45) is 0 Å². The molecule has 1 aliphatic heterocycles. The molecule has 0 fully saturated rings. The zero-order valence-corrected chi connectivity index (χ0v) is 21.7. The predicted molar refractivity (Wildman–Crippen MR) is 146 cm³/mol. The van der Waals surface area contributed by atoms with Crippen LogP contribution in [0.2, 0.25) is 0 Å². The molecular weight excluding hydrogens is 506 g/mol. The van der Waals surface area contributed by atoms with Crippen molar-refractivity contribution >= 4 is 52.4 Å². The number of anilines is 3. The van der Waals surface area contributed by atoms with Crippen LogP contribution in [0.15, 0.2) is 83.5 Å². The highest BCUT2D eigenvalue weighted by molar-refractivity contribution is 6.53. The van der Waals surface area contributed by atoms with Gasteiger partial charge in [-0.3, -0.25) is 14.4 Å². The summed E-state index contributed by atoms with van der Waals surface area (Å²) in [4.78, 5) is 52.6. The number of rotatable bonds is 9. The first kappa shape index (κ1) is 26.6. The second-order valence-electron chi connectivity index (χ2n) is 8.46. The molecule has 0 aromatic heterocycles. The number of benzene rings is 3. The zero-order chi connectivity index (χ0) is 27.2. The number of nitrogens with one attached hydrogen (secondary N) is 2. The average Bonchev–Trinajstić information content (AvgIpc) is 3.14. The number of imide groups is 1. The largest absolute Gasteiger partial charge is 0.462 e. The Morgan fingerprint density at radius 2 is 1.66 bits per heavy atom. The summed E-state index contributed by atoms with van der Waals surface area (Å²) in [6.45, 7) is 4.06. The SMILES string of the molecule is CCCOC(=O)c1ccccc1N1C(=O)C(Cl)=C(Nc2cccc(C(=O)Nc3ccccc3CC)c2)C1=O. The van der Waals surface area contributed by atoms with E-state index in [1.165, 1.54) is 12.1 Å². The number of nitrogens with zero attached hydrogens (tertiary/aromatic N) is 1. The average molecular weight is 532 g/mol. The summed E-state index contributed by atoms with van der Waals surface area (Å²) in [5, 5.41) is 5.45. The second-order valence-corrected chi connectivity index (χ2v) is 8.84. The summed E-state index contributed by atoms with van der Waals surface area (Å²) in [7, 11) is 0. The first-order valence-corrected chi connectivity index (χ1v) is 12.5. The molecule has 4 rings (SSSR count). The number of amides is 3. The molecule has 3 amide bonds. The number of carbonyl (C=O) groups excluding carboxylic acids is 4. The molecule has 0 unspecified atom stereocenters. The molecule has 2 N–H and O–H groups in total. The number of ether oxygens (including phenoxy) is 1. The lowest BCUT2D eigenvalue weighted by molar-refractivity contribution is -0.120. The van der Waals surface area contributed by atoms with Crippen molar-refractivity contribution in [3.05, 3.63) is 100 Å². The summed E-state index contributed by atoms with van der Waals surface area (Å²) in [5.74, 6) is -2.49. The van der Waals surface area contributed by atoms with Gasteiger partial charge in [0.05, 0.1) is 17.9 Å². The van der Waals surface area contributed by atoms with E-state index in [9.17, 15) is 19.2 Å². The summed E-state index contributed by atoms with van der Waals surface area (Å²) < 4.78 is 5.20. The van der Waals surface area contributed by atoms with Gasteiger partial charge in [0.1, 0.15) is 10.7 Å². The Balaban J connectivity index is 1.56. The molecule has 3 aromatic rings. The van der Waals surface area contributed by atoms with Crippen molar-refractivity contribution in [2.75, 3.05) is 22.1 Å². The molecule has 0 atom stereocenters. The highest BCUT2D eigenvalue weighted by Gasteiger charge is 2.40. The number of hydrogen-bond acceptors (Lipinski definition) is 6. The van der Waals surface area contributed by atoms with Crippen LogP contribution in [0, 0.1) is 0 Å². The highest BCUT2D eigenvalue weighted by atomic mass is 35.5. The van der Waals surface area contributed by atoms with Gasteiger partial charge >= 0.3 is 5.97 Å². The molecule has 8 nitrogen and oxygen atoms in total. The molecule has 0 radical (unpaired) electrons. The summed E-state index contributed by atoms with van der Waals surface area (Å²) in [6.07, 6.45) is 1.38. The zero-order valence-electron chi connectivity index (χ0n) is 20.9. The minimum absolute atomic E-state index is 0.0689. The van der Waals surface area contributed by atoms with E-state index in [4.69, 9.17) is 16.3 Å². The molecule has 194 valence electrons. The summed E-state index contributed by atoms with van der Waals surface area (Å²) in [5.41, 5.74) is 2.42. The van der Waals surface area contributed by atoms with Crippen LogP contribution >= 0.6 is 11.6 Å². The van der Waals surface area contributed by atoms with Crippen LogP contribution in [0.4, 0.5) is 17.1 Å². The van der Waals surface area contributed by atoms with E-state index < -0.39 is 17.8 Å². The molecule has 0 saturated carbocycles. The molecular formula is C29H26ClN3O5. The van der Waals surface area contributed by atoms with Crippen LogP contribution < -0.4 is 15.5 Å². The van der Waals surface area contributed by atoms with Gasteiger partial charge in [-0.2, -0.15) is 0 Å². The van der Waals surface area contributed by atoms with Gasteiger partial charge < -0.3 is 15.4 Å². The number of carbonyl (C=O) groups is 4. The Labute approximate surface area is 225 Å². The van der Waals surface area contributed by atoms with Gasteiger partial charge in [0.2, 0.25) is 0 Å². The predicted octanol–water partition coefficient (Wildman–Crippen LogP) is 5.50. The third-order valence-corrected chi connectivity index (χ3v) is 6.22. The van der Waals surface area contributed by atoms with Crippen LogP contribution in [0.5, 0.6) is 0 Å². The first-order chi connectivity index (χ1) is 18.3. The minimum atomic E-state index is -0.778.